The number of hydrogen-bond donors (Lipinski definition) is 4. The van der Waals surface area contributed by atoms with Gasteiger partial charge in [0.15, 0.2) is 12.4 Å². The highest BCUT2D eigenvalue weighted by Crippen LogP contribution is 2.22. The molecule has 1 heterocycles. The third kappa shape index (κ3) is 28.9. The minimum absolute atomic E-state index is 0.178. The van der Waals surface area contributed by atoms with Crippen molar-refractivity contribution in [3.05, 3.63) is 85.1 Å². The van der Waals surface area contributed by atoms with E-state index in [-0.39, 0.29) is 26.1 Å². The molecule has 324 valence electrons. The van der Waals surface area contributed by atoms with E-state index in [1.807, 2.05) is 36.5 Å². The van der Waals surface area contributed by atoms with Gasteiger partial charge in [0.1, 0.15) is 31.0 Å². The van der Waals surface area contributed by atoms with Crippen LogP contribution in [0.4, 0.5) is 0 Å². The van der Waals surface area contributed by atoms with Gasteiger partial charge in [0, 0.05) is 12.8 Å². The van der Waals surface area contributed by atoms with Gasteiger partial charge in [-0.15, -0.1) is 0 Å². The molecule has 1 saturated heterocycles. The van der Waals surface area contributed by atoms with Crippen molar-refractivity contribution < 1.29 is 49.0 Å². The molecule has 57 heavy (non-hydrogen) atoms. The number of rotatable bonds is 34. The lowest BCUT2D eigenvalue weighted by Crippen LogP contribution is -2.59. The lowest BCUT2D eigenvalue weighted by molar-refractivity contribution is -0.305. The first kappa shape index (κ1) is 51.9. The lowest BCUT2D eigenvalue weighted by Gasteiger charge is -2.39. The quantitative estimate of drug-likeness (QED) is 0.0215. The topological polar surface area (TPSA) is 152 Å². The van der Waals surface area contributed by atoms with Crippen molar-refractivity contribution in [3.8, 4) is 0 Å². The van der Waals surface area contributed by atoms with Crippen LogP contribution in [0.1, 0.15) is 142 Å². The minimum atomic E-state index is -1.61. The van der Waals surface area contributed by atoms with E-state index in [9.17, 15) is 30.0 Å². The Morgan fingerprint density at radius 1 is 0.561 bits per heavy atom. The van der Waals surface area contributed by atoms with Gasteiger partial charge in [0.25, 0.3) is 0 Å². The summed E-state index contributed by atoms with van der Waals surface area (Å²) in [6, 6.07) is 0. The highest BCUT2D eigenvalue weighted by atomic mass is 16.7. The standard InChI is InChI=1S/C47H76O10/c1-3-5-7-9-11-13-15-17-18-19-20-21-22-24-25-27-29-31-33-35-42(49)54-38-40(39-55-47-46(53)45(52)44(51)41(37-48)57-47)56-43(50)36-34-32-30-28-26-23-16-14-12-10-8-6-4-2/h5-8,10-14,16-18,23,26,40-41,44-48,51-53H,3-4,9,15,19-22,24-25,27-39H2,1-2H3/b7-5+,8-6+,12-10+,13-11+,16-14+,18-17+,26-23+/t40?,41-,44+,45?,46?,47-/m0/s1. The summed E-state index contributed by atoms with van der Waals surface area (Å²) in [6.07, 6.45) is 40.2. The van der Waals surface area contributed by atoms with Crippen molar-refractivity contribution in [2.45, 2.75) is 179 Å². The molecule has 1 fully saturated rings. The maximum Gasteiger partial charge on any atom is 0.306 e. The summed E-state index contributed by atoms with van der Waals surface area (Å²) in [6.45, 7) is 3.10. The van der Waals surface area contributed by atoms with Gasteiger partial charge in [-0.3, -0.25) is 9.59 Å². The summed E-state index contributed by atoms with van der Waals surface area (Å²) in [4.78, 5) is 25.3. The smallest absolute Gasteiger partial charge is 0.306 e. The van der Waals surface area contributed by atoms with E-state index in [0.29, 0.717) is 12.8 Å². The van der Waals surface area contributed by atoms with Crippen LogP contribution < -0.4 is 0 Å². The second kappa shape index (κ2) is 37.2. The first-order valence-corrected chi connectivity index (χ1v) is 21.7. The van der Waals surface area contributed by atoms with E-state index in [2.05, 4.69) is 62.5 Å². The fourth-order valence-corrected chi connectivity index (χ4v) is 5.98. The Morgan fingerprint density at radius 3 is 1.70 bits per heavy atom. The predicted molar refractivity (Wildman–Crippen MR) is 228 cm³/mol. The van der Waals surface area contributed by atoms with Crippen molar-refractivity contribution >= 4 is 11.9 Å². The number of unbranched alkanes of at least 4 members (excludes halogenated alkanes) is 12. The van der Waals surface area contributed by atoms with Crippen LogP contribution in [0.25, 0.3) is 0 Å². The van der Waals surface area contributed by atoms with Gasteiger partial charge >= 0.3 is 11.9 Å². The van der Waals surface area contributed by atoms with Gasteiger partial charge in [-0.05, 0) is 64.2 Å². The third-order valence-electron chi connectivity index (χ3n) is 9.37. The molecule has 6 atom stereocenters. The zero-order valence-electron chi connectivity index (χ0n) is 35.0. The Balaban J connectivity index is 2.35. The maximum atomic E-state index is 12.7. The predicted octanol–water partition coefficient (Wildman–Crippen LogP) is 8.99. The molecule has 0 aliphatic carbocycles. The second-order valence-corrected chi connectivity index (χ2v) is 14.5. The monoisotopic (exact) mass is 801 g/mol. The van der Waals surface area contributed by atoms with Crippen LogP contribution in [-0.4, -0.2) is 89.0 Å². The fourth-order valence-electron chi connectivity index (χ4n) is 5.98. The molecule has 0 saturated carbocycles. The number of esters is 2. The van der Waals surface area contributed by atoms with Crippen LogP contribution in [0.3, 0.4) is 0 Å². The van der Waals surface area contributed by atoms with Crippen LogP contribution in [0.5, 0.6) is 0 Å². The molecule has 3 unspecified atom stereocenters. The normalized spacial score (nSPS) is 21.1. The van der Waals surface area contributed by atoms with Crippen molar-refractivity contribution in [3.63, 3.8) is 0 Å². The Bertz CT molecular complexity index is 1200. The second-order valence-electron chi connectivity index (χ2n) is 14.5. The number of carbonyl (C=O) groups is 2. The van der Waals surface area contributed by atoms with Crippen molar-refractivity contribution in [1.29, 1.82) is 0 Å². The molecule has 1 rings (SSSR count). The SMILES string of the molecule is CC/C=C/C=C/C=C/C=C/CCCCCC(=O)OC(COC(=O)CCCCCCCCCCC/C=C/C/C=C/C/C=C/CC)CO[C@H]1O[C@@H](CO)[C@@H](O)C(O)C1O. The maximum absolute atomic E-state index is 12.7. The molecule has 0 aromatic heterocycles. The van der Waals surface area contributed by atoms with Crippen molar-refractivity contribution in [2.75, 3.05) is 19.8 Å². The molecule has 10 nitrogen and oxygen atoms in total. The van der Waals surface area contributed by atoms with Gasteiger partial charge in [-0.2, -0.15) is 0 Å². The van der Waals surface area contributed by atoms with Crippen molar-refractivity contribution in [1.82, 2.24) is 0 Å². The number of allylic oxidation sites excluding steroid dienone is 14. The zero-order valence-corrected chi connectivity index (χ0v) is 35.0. The van der Waals surface area contributed by atoms with E-state index >= 15 is 0 Å². The summed E-state index contributed by atoms with van der Waals surface area (Å²) in [5.74, 6) is -0.868. The van der Waals surface area contributed by atoms with E-state index < -0.39 is 55.4 Å². The number of hydrogen-bond acceptors (Lipinski definition) is 10. The molecule has 0 aromatic rings. The first-order valence-electron chi connectivity index (χ1n) is 21.7. The Kier molecular flexibility index (Phi) is 33.8. The average Bonchev–Trinajstić information content (AvgIpc) is 3.21. The zero-order chi connectivity index (χ0) is 41.6. The Hall–Kier alpha value is -3.12. The number of ether oxygens (including phenoxy) is 4. The summed E-state index contributed by atoms with van der Waals surface area (Å²) in [5.41, 5.74) is 0. The molecule has 1 aliphatic heterocycles. The van der Waals surface area contributed by atoms with Crippen LogP contribution in [0, 0.1) is 0 Å². The summed E-state index contributed by atoms with van der Waals surface area (Å²) in [7, 11) is 0. The number of aliphatic hydroxyl groups is 4. The average molecular weight is 801 g/mol. The number of aliphatic hydroxyl groups excluding tert-OH is 4. The molecule has 0 amide bonds. The molecular formula is C47H76O10. The molecule has 1 aliphatic rings. The highest BCUT2D eigenvalue weighted by Gasteiger charge is 2.44. The van der Waals surface area contributed by atoms with E-state index in [1.165, 1.54) is 32.1 Å². The van der Waals surface area contributed by atoms with Crippen LogP contribution >= 0.6 is 0 Å². The van der Waals surface area contributed by atoms with Crippen LogP contribution in [0.2, 0.25) is 0 Å². The Morgan fingerprint density at radius 2 is 1.07 bits per heavy atom. The van der Waals surface area contributed by atoms with Gasteiger partial charge in [-0.1, -0.05) is 150 Å². The first-order chi connectivity index (χ1) is 27.8. The molecule has 10 heteroatoms. The lowest BCUT2D eigenvalue weighted by atomic mass is 9.99. The van der Waals surface area contributed by atoms with Gasteiger partial charge in [0.2, 0.25) is 0 Å². The van der Waals surface area contributed by atoms with E-state index in [1.54, 1.807) is 0 Å². The van der Waals surface area contributed by atoms with Gasteiger partial charge < -0.3 is 39.4 Å². The van der Waals surface area contributed by atoms with Gasteiger partial charge in [-0.25, -0.2) is 0 Å². The largest absolute Gasteiger partial charge is 0.462 e. The highest BCUT2D eigenvalue weighted by molar-refractivity contribution is 5.70. The molecule has 0 radical (unpaired) electrons. The number of carbonyl (C=O) groups excluding carboxylic acids is 2. The summed E-state index contributed by atoms with van der Waals surface area (Å²) >= 11 is 0. The fraction of sp³-hybridized carbons (Fsp3) is 0.660. The van der Waals surface area contributed by atoms with Crippen LogP contribution in [-0.2, 0) is 28.5 Å². The third-order valence-corrected chi connectivity index (χ3v) is 9.37. The molecule has 0 bridgehead atoms. The van der Waals surface area contributed by atoms with E-state index in [0.717, 1.165) is 70.6 Å². The van der Waals surface area contributed by atoms with Gasteiger partial charge in [0.05, 0.1) is 13.2 Å². The minimum Gasteiger partial charge on any atom is -0.462 e. The van der Waals surface area contributed by atoms with Crippen LogP contribution in [0.15, 0.2) is 85.1 Å². The van der Waals surface area contributed by atoms with Crippen molar-refractivity contribution in [2.24, 2.45) is 0 Å². The molecule has 0 aromatic carbocycles. The summed E-state index contributed by atoms with van der Waals surface area (Å²) in [5, 5.41) is 40.0. The van der Waals surface area contributed by atoms with E-state index in [4.69, 9.17) is 18.9 Å². The Labute approximate surface area is 344 Å². The molecule has 4 N–H and O–H groups in total. The molecular weight excluding hydrogens is 725 g/mol. The summed E-state index contributed by atoms with van der Waals surface area (Å²) < 4.78 is 22.1. The molecule has 0 spiro atoms.